The number of carbonyl (C=O) groups is 1. The summed E-state index contributed by atoms with van der Waals surface area (Å²) in [6.07, 6.45) is 1.56. The van der Waals surface area contributed by atoms with Crippen LogP contribution in [0.5, 0.6) is 0 Å². The fraction of sp³-hybridized carbons (Fsp3) is 0.588. The van der Waals surface area contributed by atoms with Gasteiger partial charge in [0.1, 0.15) is 6.61 Å². The van der Waals surface area contributed by atoms with Crippen molar-refractivity contribution in [2.45, 2.75) is 126 Å². The van der Waals surface area contributed by atoms with E-state index in [1.165, 1.54) is 12.5 Å². The van der Waals surface area contributed by atoms with Crippen LogP contribution < -0.4 is 5.32 Å². The summed E-state index contributed by atoms with van der Waals surface area (Å²) in [7, 11) is 0. The minimum absolute atomic E-state index is 0.0332. The number of hydrogen-bond donors (Lipinski definition) is 2. The number of nitrogens with zero attached hydrogens (tertiary/aromatic N) is 1. The number of alkyl halides is 3. The normalized spacial score (nSPS) is 13.5. The van der Waals surface area contributed by atoms with Crippen LogP contribution in [0.3, 0.4) is 0 Å². The molecule has 0 saturated heterocycles. The molecule has 1 fully saturated rings. The van der Waals surface area contributed by atoms with E-state index >= 15 is 0 Å². The summed E-state index contributed by atoms with van der Waals surface area (Å²) in [4.78, 5) is 16.0. The van der Waals surface area contributed by atoms with E-state index in [9.17, 15) is 18.0 Å². The molecular formula is C34H53F3N2O3. The number of aliphatic carboxylic acids is 1. The van der Waals surface area contributed by atoms with E-state index in [4.69, 9.17) is 9.94 Å². The molecule has 238 valence electrons. The first-order valence-corrected chi connectivity index (χ1v) is 15.5. The van der Waals surface area contributed by atoms with Gasteiger partial charge >= 0.3 is 12.1 Å². The molecule has 2 N–H and O–H groups in total. The first kappa shape index (κ1) is 39.1. The largest absolute Gasteiger partial charge is 0.481 e. The third-order valence-corrected chi connectivity index (χ3v) is 6.49. The van der Waals surface area contributed by atoms with Gasteiger partial charge in [-0.2, -0.15) is 13.2 Å². The molecule has 0 aliphatic heterocycles. The molecule has 0 unspecified atom stereocenters. The van der Waals surface area contributed by atoms with Gasteiger partial charge in [0.2, 0.25) is 0 Å². The molecule has 2 aromatic carbocycles. The second-order valence-corrected chi connectivity index (χ2v) is 9.87. The molecule has 0 heterocycles. The maximum Gasteiger partial charge on any atom is 0.416 e. The Morgan fingerprint density at radius 1 is 1.02 bits per heavy atom. The number of aryl methyl sites for hydroxylation is 1. The Kier molecular flexibility index (Phi) is 20.3. The lowest BCUT2D eigenvalue weighted by Crippen LogP contribution is -2.18. The summed E-state index contributed by atoms with van der Waals surface area (Å²) in [6, 6.07) is 10.3. The predicted octanol–water partition coefficient (Wildman–Crippen LogP) is 10.0. The Morgan fingerprint density at radius 2 is 1.64 bits per heavy atom. The van der Waals surface area contributed by atoms with E-state index < -0.39 is 17.7 Å². The van der Waals surface area contributed by atoms with Gasteiger partial charge in [-0.3, -0.25) is 4.79 Å². The van der Waals surface area contributed by atoms with Gasteiger partial charge in [-0.1, -0.05) is 96.6 Å². The lowest BCUT2D eigenvalue weighted by Gasteiger charge is -2.25. The van der Waals surface area contributed by atoms with Crippen molar-refractivity contribution in [3.8, 4) is 0 Å². The highest BCUT2D eigenvalue weighted by atomic mass is 19.4. The molecule has 2 aromatic rings. The van der Waals surface area contributed by atoms with Crippen LogP contribution in [0.2, 0.25) is 0 Å². The average Bonchev–Trinajstić information content (AvgIpc) is 2.98. The van der Waals surface area contributed by atoms with E-state index in [1.54, 1.807) is 19.1 Å². The molecule has 42 heavy (non-hydrogen) atoms. The summed E-state index contributed by atoms with van der Waals surface area (Å²) in [5, 5.41) is 15.9. The summed E-state index contributed by atoms with van der Waals surface area (Å²) in [6.45, 7) is 16.9. The van der Waals surface area contributed by atoms with Crippen LogP contribution in [0, 0.1) is 6.92 Å². The van der Waals surface area contributed by atoms with Gasteiger partial charge in [0, 0.05) is 13.1 Å². The van der Waals surface area contributed by atoms with Crippen molar-refractivity contribution in [1.29, 1.82) is 0 Å². The Labute approximate surface area is 251 Å². The van der Waals surface area contributed by atoms with Gasteiger partial charge in [-0.15, -0.1) is 0 Å². The molecular weight excluding hydrogens is 541 g/mol. The van der Waals surface area contributed by atoms with Crippen molar-refractivity contribution in [1.82, 2.24) is 5.32 Å². The lowest BCUT2D eigenvalue weighted by molar-refractivity contribution is -0.139. The zero-order valence-corrected chi connectivity index (χ0v) is 27.0. The highest BCUT2D eigenvalue weighted by Crippen LogP contribution is 2.41. The first-order chi connectivity index (χ1) is 20.1. The van der Waals surface area contributed by atoms with Crippen LogP contribution in [0.15, 0.2) is 41.6 Å². The number of oxime groups is 1. The summed E-state index contributed by atoms with van der Waals surface area (Å²) < 4.78 is 41.3. The fourth-order valence-corrected chi connectivity index (χ4v) is 4.50. The second-order valence-electron chi connectivity index (χ2n) is 9.87. The van der Waals surface area contributed by atoms with Crippen LogP contribution in [-0.4, -0.2) is 23.3 Å². The van der Waals surface area contributed by atoms with Crippen LogP contribution in [0.4, 0.5) is 13.2 Å². The van der Waals surface area contributed by atoms with Crippen molar-refractivity contribution in [2.24, 2.45) is 5.16 Å². The van der Waals surface area contributed by atoms with Gasteiger partial charge in [-0.05, 0) is 72.6 Å². The Bertz CT molecular complexity index is 1060. The Hall–Kier alpha value is -2.87. The van der Waals surface area contributed by atoms with Crippen LogP contribution in [-0.2, 0) is 29.0 Å². The molecule has 3 rings (SSSR count). The van der Waals surface area contributed by atoms with E-state index in [0.29, 0.717) is 29.9 Å². The fourth-order valence-electron chi connectivity index (χ4n) is 4.50. The zero-order chi connectivity index (χ0) is 32.1. The molecule has 0 spiro atoms. The average molecular weight is 595 g/mol. The van der Waals surface area contributed by atoms with Gasteiger partial charge in [0.15, 0.2) is 0 Å². The van der Waals surface area contributed by atoms with Crippen molar-refractivity contribution in [3.05, 3.63) is 69.8 Å². The molecule has 0 bridgehead atoms. The van der Waals surface area contributed by atoms with Crippen molar-refractivity contribution in [2.75, 3.05) is 6.54 Å². The smallest absolute Gasteiger partial charge is 0.416 e. The van der Waals surface area contributed by atoms with Crippen LogP contribution in [0.25, 0.3) is 0 Å². The third kappa shape index (κ3) is 14.3. The van der Waals surface area contributed by atoms with Gasteiger partial charge in [0.25, 0.3) is 0 Å². The number of nitrogens with one attached hydrogen (secondary N) is 1. The van der Waals surface area contributed by atoms with Gasteiger partial charge < -0.3 is 15.3 Å². The topological polar surface area (TPSA) is 70.9 Å². The summed E-state index contributed by atoms with van der Waals surface area (Å²) in [5.74, 6) is -0.875. The van der Waals surface area contributed by atoms with Crippen molar-refractivity contribution >= 4 is 11.7 Å². The van der Waals surface area contributed by atoms with Crippen LogP contribution >= 0.6 is 0 Å². The molecule has 1 aliphatic carbocycles. The van der Waals surface area contributed by atoms with Crippen molar-refractivity contribution in [3.63, 3.8) is 0 Å². The SMILES string of the molecule is C/C(=N\OCc1ccc(C2CCCCC2)c(C(F)(F)F)c1)c1ccc(CNCCC(=O)O)c(C)c1.CC.CC.CCC. The highest BCUT2D eigenvalue weighted by Gasteiger charge is 2.35. The molecule has 0 aromatic heterocycles. The molecule has 8 heteroatoms. The first-order valence-electron chi connectivity index (χ1n) is 15.5. The molecule has 0 atom stereocenters. The number of carboxylic acid groups (broad SMARTS) is 1. The van der Waals surface area contributed by atoms with Gasteiger partial charge in [-0.25, -0.2) is 0 Å². The number of benzene rings is 2. The summed E-state index contributed by atoms with van der Waals surface area (Å²) >= 11 is 0. The van der Waals surface area contributed by atoms with Crippen LogP contribution in [0.1, 0.15) is 133 Å². The number of halogens is 3. The third-order valence-electron chi connectivity index (χ3n) is 6.49. The zero-order valence-electron chi connectivity index (χ0n) is 27.0. The second kappa shape index (κ2) is 21.8. The molecule has 1 saturated carbocycles. The van der Waals surface area contributed by atoms with E-state index in [1.807, 2.05) is 52.8 Å². The molecule has 0 radical (unpaired) electrons. The predicted molar refractivity (Wildman–Crippen MR) is 168 cm³/mol. The minimum Gasteiger partial charge on any atom is -0.481 e. The minimum atomic E-state index is -4.40. The molecule has 0 amide bonds. The quantitative estimate of drug-likeness (QED) is 0.163. The number of carboxylic acids is 1. The standard InChI is InChI=1S/C27H33F3N2O3.C3H8.2C2H6/c1-18-14-22(9-10-23(18)16-31-13-12-26(33)34)19(2)32-35-17-20-8-11-24(21-6-4-3-5-7-21)25(15-20)27(28,29)30;1-3-2;2*1-2/h8-11,14-15,21,31H,3-7,12-13,16-17H2,1-2H3,(H,33,34);3H2,1-2H3;2*1-2H3/b32-19+;;;. The lowest BCUT2D eigenvalue weighted by atomic mass is 9.81. The maximum atomic E-state index is 13.8. The summed E-state index contributed by atoms with van der Waals surface area (Å²) in [5.41, 5.74) is 3.81. The van der Waals surface area contributed by atoms with E-state index in [2.05, 4.69) is 24.3 Å². The highest BCUT2D eigenvalue weighted by molar-refractivity contribution is 5.98. The van der Waals surface area contributed by atoms with Crippen molar-refractivity contribution < 1.29 is 27.9 Å². The van der Waals surface area contributed by atoms with E-state index in [0.717, 1.165) is 48.8 Å². The van der Waals surface area contributed by atoms with E-state index in [-0.39, 0.29) is 18.9 Å². The Balaban J connectivity index is 0.00000221. The maximum absolute atomic E-state index is 13.8. The monoisotopic (exact) mass is 594 g/mol. The number of rotatable bonds is 10. The molecule has 5 nitrogen and oxygen atoms in total. The molecule has 1 aliphatic rings. The number of hydrogen-bond acceptors (Lipinski definition) is 4. The van der Waals surface area contributed by atoms with Gasteiger partial charge in [0.05, 0.1) is 17.7 Å². The Morgan fingerprint density at radius 3 is 2.19 bits per heavy atom.